The van der Waals surface area contributed by atoms with E-state index in [0.717, 1.165) is 6.92 Å². The topological polar surface area (TPSA) is 43.1 Å². The minimum Gasteiger partial charge on any atom is -0.366 e. The van der Waals surface area contributed by atoms with E-state index in [1.165, 1.54) is 0 Å². The Morgan fingerprint density at radius 1 is 1.31 bits per heavy atom. The summed E-state index contributed by atoms with van der Waals surface area (Å²) in [5, 5.41) is 0. The van der Waals surface area contributed by atoms with E-state index in [2.05, 4.69) is 0 Å². The Morgan fingerprint density at radius 3 is 2.31 bits per heavy atom. The van der Waals surface area contributed by atoms with E-state index >= 15 is 0 Å². The van der Waals surface area contributed by atoms with Crippen molar-refractivity contribution in [3.8, 4) is 0 Å². The fourth-order valence-corrected chi connectivity index (χ4v) is 0.910. The fraction of sp³-hybridized carbons (Fsp3) is 0.125. The van der Waals surface area contributed by atoms with Gasteiger partial charge >= 0.3 is 0 Å². The minimum atomic E-state index is -1.30. The number of nitrogens with two attached hydrogens (primary N) is 1. The average molecular weight is 189 g/mol. The third-order valence-corrected chi connectivity index (χ3v) is 1.64. The van der Waals surface area contributed by atoms with E-state index in [1.54, 1.807) is 0 Å². The van der Waals surface area contributed by atoms with Crippen LogP contribution in [0.25, 0.3) is 0 Å². The van der Waals surface area contributed by atoms with Crippen molar-refractivity contribution in [3.05, 3.63) is 34.6 Å². The van der Waals surface area contributed by atoms with Crippen LogP contribution in [-0.2, 0) is 0 Å². The monoisotopic (exact) mass is 189 g/mol. The van der Waals surface area contributed by atoms with E-state index in [4.69, 9.17) is 5.73 Å². The molecule has 2 nitrogen and oxygen atoms in total. The van der Waals surface area contributed by atoms with Gasteiger partial charge in [0.05, 0.1) is 5.56 Å². The molecule has 0 aliphatic rings. The van der Waals surface area contributed by atoms with Gasteiger partial charge in [0, 0.05) is 5.56 Å². The predicted octanol–water partition coefficient (Wildman–Crippen LogP) is 1.51. The van der Waals surface area contributed by atoms with Crippen LogP contribution in [-0.4, -0.2) is 5.91 Å². The van der Waals surface area contributed by atoms with Gasteiger partial charge in [-0.1, -0.05) is 0 Å². The number of hydrogen-bond acceptors (Lipinski definition) is 1. The molecule has 2 N–H and O–H groups in total. The second kappa shape index (κ2) is 3.08. The first-order valence-corrected chi connectivity index (χ1v) is 3.39. The summed E-state index contributed by atoms with van der Waals surface area (Å²) in [6.45, 7) is 1.03. The minimum absolute atomic E-state index is 0.444. The summed E-state index contributed by atoms with van der Waals surface area (Å²) in [5.41, 5.74) is 3.54. The lowest BCUT2D eigenvalue weighted by Crippen LogP contribution is -2.15. The normalized spacial score (nSPS) is 10.2. The van der Waals surface area contributed by atoms with Gasteiger partial charge in [-0.2, -0.15) is 0 Å². The maximum atomic E-state index is 13.0. The Bertz CT molecular complexity index is 376. The molecular formula is C8H6F3NO. The molecule has 70 valence electrons. The molecular weight excluding hydrogens is 183 g/mol. The van der Waals surface area contributed by atoms with Crippen LogP contribution in [0.3, 0.4) is 0 Å². The molecule has 0 aliphatic heterocycles. The van der Waals surface area contributed by atoms with Gasteiger partial charge in [-0.15, -0.1) is 0 Å². The number of rotatable bonds is 1. The van der Waals surface area contributed by atoms with Crippen LogP contribution in [0.2, 0.25) is 0 Å². The summed E-state index contributed by atoms with van der Waals surface area (Å²) in [6.07, 6.45) is 0. The molecule has 0 atom stereocenters. The number of carbonyl (C=O) groups is 1. The molecule has 1 amide bonds. The van der Waals surface area contributed by atoms with Crippen LogP contribution >= 0.6 is 0 Å². The van der Waals surface area contributed by atoms with Crippen LogP contribution in [0.4, 0.5) is 13.2 Å². The largest absolute Gasteiger partial charge is 0.366 e. The first-order chi connectivity index (χ1) is 5.95. The Kier molecular flexibility index (Phi) is 2.27. The maximum absolute atomic E-state index is 13.0. The lowest BCUT2D eigenvalue weighted by Gasteiger charge is -2.03. The number of primary amides is 1. The summed E-state index contributed by atoms with van der Waals surface area (Å²) in [5.74, 6) is -4.83. The highest BCUT2D eigenvalue weighted by atomic mass is 19.2. The number of benzene rings is 1. The zero-order valence-corrected chi connectivity index (χ0v) is 6.70. The molecule has 0 aromatic heterocycles. The lowest BCUT2D eigenvalue weighted by atomic mass is 10.1. The van der Waals surface area contributed by atoms with Crippen LogP contribution in [0.5, 0.6) is 0 Å². The van der Waals surface area contributed by atoms with Crippen molar-refractivity contribution in [2.24, 2.45) is 5.73 Å². The third kappa shape index (κ3) is 1.49. The van der Waals surface area contributed by atoms with E-state index in [1.807, 2.05) is 0 Å². The Balaban J connectivity index is 3.50. The molecule has 0 spiro atoms. The highest BCUT2D eigenvalue weighted by Gasteiger charge is 2.17. The van der Waals surface area contributed by atoms with Crippen LogP contribution in [0.1, 0.15) is 15.9 Å². The highest BCUT2D eigenvalue weighted by Crippen LogP contribution is 2.18. The van der Waals surface area contributed by atoms with Gasteiger partial charge in [0.2, 0.25) is 0 Å². The van der Waals surface area contributed by atoms with Crippen LogP contribution in [0.15, 0.2) is 6.07 Å². The maximum Gasteiger partial charge on any atom is 0.251 e. The fourth-order valence-electron chi connectivity index (χ4n) is 0.910. The van der Waals surface area contributed by atoms with Crippen molar-refractivity contribution in [1.29, 1.82) is 0 Å². The molecule has 5 heteroatoms. The summed E-state index contributed by atoms with van der Waals surface area (Å²) in [7, 11) is 0. The standard InChI is InChI=1S/C8H6F3NO/c1-3-6(10)4(8(12)13)2-5(9)7(3)11/h2H,1H3,(H2,12,13). The third-order valence-electron chi connectivity index (χ3n) is 1.64. The molecule has 0 fully saturated rings. The van der Waals surface area contributed by atoms with Gasteiger partial charge in [0.25, 0.3) is 5.91 Å². The van der Waals surface area contributed by atoms with Gasteiger partial charge in [0.1, 0.15) is 5.82 Å². The molecule has 1 aromatic rings. The average Bonchev–Trinajstić information content (AvgIpc) is 2.07. The molecule has 1 aromatic carbocycles. The van der Waals surface area contributed by atoms with Gasteiger partial charge in [-0.3, -0.25) is 4.79 Å². The summed E-state index contributed by atoms with van der Waals surface area (Å²) >= 11 is 0. The molecule has 0 radical (unpaired) electrons. The first-order valence-electron chi connectivity index (χ1n) is 3.39. The predicted molar refractivity (Wildman–Crippen MR) is 39.6 cm³/mol. The zero-order valence-electron chi connectivity index (χ0n) is 6.70. The molecule has 0 saturated carbocycles. The summed E-state index contributed by atoms with van der Waals surface area (Å²) in [4.78, 5) is 10.5. The number of halogens is 3. The van der Waals surface area contributed by atoms with E-state index in [0.29, 0.717) is 6.07 Å². The smallest absolute Gasteiger partial charge is 0.251 e. The van der Waals surface area contributed by atoms with Gasteiger partial charge in [-0.25, -0.2) is 13.2 Å². The van der Waals surface area contributed by atoms with Crippen molar-refractivity contribution < 1.29 is 18.0 Å². The quantitative estimate of drug-likeness (QED) is 0.668. The Labute approximate surface area is 72.2 Å². The molecule has 0 saturated heterocycles. The van der Waals surface area contributed by atoms with Crippen molar-refractivity contribution in [2.75, 3.05) is 0 Å². The molecule has 0 heterocycles. The molecule has 0 aliphatic carbocycles. The van der Waals surface area contributed by atoms with Gasteiger partial charge < -0.3 is 5.73 Å². The lowest BCUT2D eigenvalue weighted by molar-refractivity contribution is 0.0995. The zero-order chi connectivity index (χ0) is 10.2. The van der Waals surface area contributed by atoms with Crippen molar-refractivity contribution in [3.63, 3.8) is 0 Å². The van der Waals surface area contributed by atoms with Crippen molar-refractivity contribution in [2.45, 2.75) is 6.92 Å². The SMILES string of the molecule is Cc1c(F)c(F)cc(C(N)=O)c1F. The molecule has 1 rings (SSSR count). The van der Waals surface area contributed by atoms with Gasteiger partial charge in [-0.05, 0) is 13.0 Å². The first kappa shape index (κ1) is 9.57. The van der Waals surface area contributed by atoms with Crippen LogP contribution < -0.4 is 5.73 Å². The van der Waals surface area contributed by atoms with Crippen molar-refractivity contribution >= 4 is 5.91 Å². The van der Waals surface area contributed by atoms with Crippen molar-refractivity contribution in [1.82, 2.24) is 0 Å². The van der Waals surface area contributed by atoms with Gasteiger partial charge in [0.15, 0.2) is 11.6 Å². The Hall–Kier alpha value is -1.52. The van der Waals surface area contributed by atoms with E-state index < -0.39 is 34.5 Å². The Morgan fingerprint density at radius 2 is 1.85 bits per heavy atom. The van der Waals surface area contributed by atoms with E-state index in [-0.39, 0.29) is 0 Å². The number of carbonyl (C=O) groups excluding carboxylic acids is 1. The summed E-state index contributed by atoms with van der Waals surface area (Å²) < 4.78 is 38.3. The highest BCUT2D eigenvalue weighted by molar-refractivity contribution is 5.93. The number of hydrogen-bond donors (Lipinski definition) is 1. The number of amides is 1. The second-order valence-corrected chi connectivity index (χ2v) is 2.52. The summed E-state index contributed by atoms with van der Waals surface area (Å²) in [6, 6.07) is 0.444. The molecule has 13 heavy (non-hydrogen) atoms. The molecule has 0 bridgehead atoms. The van der Waals surface area contributed by atoms with Crippen LogP contribution in [0, 0.1) is 24.4 Å². The second-order valence-electron chi connectivity index (χ2n) is 2.52. The molecule has 0 unspecified atom stereocenters. The van der Waals surface area contributed by atoms with E-state index in [9.17, 15) is 18.0 Å².